The van der Waals surface area contributed by atoms with Gasteiger partial charge >= 0.3 is 5.92 Å². The average molecular weight is 445 g/mol. The Morgan fingerprint density at radius 1 is 1.07 bits per heavy atom. The van der Waals surface area contributed by atoms with Gasteiger partial charge in [-0.05, 0) is 32.1 Å². The molecule has 0 aliphatic carbocycles. The predicted molar refractivity (Wildman–Crippen MR) is 107 cm³/mol. The van der Waals surface area contributed by atoms with Crippen LogP contribution in [-0.4, -0.2) is 73.5 Å². The van der Waals surface area contributed by atoms with Gasteiger partial charge in [0.05, 0.1) is 11.4 Å². The SMILES string of the molecule is Cc1nc(C(C)(F)F)nc(C)c1S(=O)(=O)N1CC2(CN(CC3(C)CCOCC3)C2)C1. The van der Waals surface area contributed by atoms with Gasteiger partial charge in [0.15, 0.2) is 5.82 Å². The first-order valence-corrected chi connectivity index (χ1v) is 11.8. The number of ether oxygens (including phenoxy) is 1. The second kappa shape index (κ2) is 7.15. The maximum absolute atomic E-state index is 13.6. The van der Waals surface area contributed by atoms with Crippen LogP contribution in [0.2, 0.25) is 0 Å². The fraction of sp³-hybridized carbons (Fsp3) is 0.800. The number of alkyl halides is 2. The van der Waals surface area contributed by atoms with Crippen molar-refractivity contribution in [2.45, 2.75) is 51.4 Å². The van der Waals surface area contributed by atoms with E-state index < -0.39 is 21.8 Å². The van der Waals surface area contributed by atoms with Crippen LogP contribution in [0.15, 0.2) is 4.90 Å². The molecular formula is C20H30F2N4O3S. The monoisotopic (exact) mass is 444 g/mol. The molecule has 7 nitrogen and oxygen atoms in total. The average Bonchev–Trinajstić information content (AvgIpc) is 2.54. The Balaban J connectivity index is 1.40. The Kier molecular flexibility index (Phi) is 5.24. The van der Waals surface area contributed by atoms with Gasteiger partial charge in [0.2, 0.25) is 10.0 Å². The Morgan fingerprint density at radius 3 is 2.10 bits per heavy atom. The summed E-state index contributed by atoms with van der Waals surface area (Å²) in [6.07, 6.45) is 2.12. The molecule has 3 saturated heterocycles. The lowest BCUT2D eigenvalue weighted by atomic mass is 9.72. The maximum atomic E-state index is 13.6. The molecule has 0 unspecified atom stereocenters. The number of aromatic nitrogens is 2. The number of nitrogens with zero attached hydrogens (tertiary/aromatic N) is 4. The minimum absolute atomic E-state index is 0.00759. The highest BCUT2D eigenvalue weighted by Gasteiger charge is 2.56. The van der Waals surface area contributed by atoms with Gasteiger partial charge < -0.3 is 9.64 Å². The van der Waals surface area contributed by atoms with Crippen LogP contribution >= 0.6 is 0 Å². The molecule has 4 heterocycles. The third kappa shape index (κ3) is 3.87. The van der Waals surface area contributed by atoms with Gasteiger partial charge in [-0.3, -0.25) is 0 Å². The molecule has 0 amide bonds. The van der Waals surface area contributed by atoms with E-state index in [0.29, 0.717) is 20.0 Å². The summed E-state index contributed by atoms with van der Waals surface area (Å²) in [6, 6.07) is 0. The van der Waals surface area contributed by atoms with Crippen molar-refractivity contribution in [1.29, 1.82) is 0 Å². The van der Waals surface area contributed by atoms with E-state index in [0.717, 1.165) is 45.7 Å². The molecule has 0 aromatic carbocycles. The van der Waals surface area contributed by atoms with E-state index in [4.69, 9.17) is 4.74 Å². The van der Waals surface area contributed by atoms with E-state index in [2.05, 4.69) is 21.8 Å². The lowest BCUT2D eigenvalue weighted by Crippen LogP contribution is -2.73. The lowest BCUT2D eigenvalue weighted by molar-refractivity contribution is -0.105. The Morgan fingerprint density at radius 2 is 1.60 bits per heavy atom. The topological polar surface area (TPSA) is 75.6 Å². The first-order chi connectivity index (χ1) is 13.8. The predicted octanol–water partition coefficient (Wildman–Crippen LogP) is 2.33. The van der Waals surface area contributed by atoms with Crippen LogP contribution in [0, 0.1) is 24.7 Å². The summed E-state index contributed by atoms with van der Waals surface area (Å²) >= 11 is 0. The van der Waals surface area contributed by atoms with Crippen molar-refractivity contribution >= 4 is 10.0 Å². The van der Waals surface area contributed by atoms with Crippen molar-refractivity contribution in [2.75, 3.05) is 45.9 Å². The Hall–Kier alpha value is -1.23. The molecule has 0 atom stereocenters. The van der Waals surface area contributed by atoms with Crippen LogP contribution in [0.4, 0.5) is 8.78 Å². The van der Waals surface area contributed by atoms with Crippen LogP contribution in [0.25, 0.3) is 0 Å². The Labute approximate surface area is 176 Å². The van der Waals surface area contributed by atoms with Crippen molar-refractivity contribution in [3.63, 3.8) is 0 Å². The standard InChI is InChI=1S/C20H30F2N4O3S/c1-14-16(15(2)24-17(23-14)19(4,21)22)30(27,28)26-12-20(13-26)10-25(11-20)9-18(3)5-7-29-8-6-18/h5-13H2,1-4H3. The largest absolute Gasteiger partial charge is 0.381 e. The third-order valence-electron chi connectivity index (χ3n) is 6.64. The summed E-state index contributed by atoms with van der Waals surface area (Å²) in [5.41, 5.74) is 0.419. The summed E-state index contributed by atoms with van der Waals surface area (Å²) in [7, 11) is -3.80. The van der Waals surface area contributed by atoms with Gasteiger partial charge in [-0.1, -0.05) is 6.92 Å². The molecule has 0 saturated carbocycles. The van der Waals surface area contributed by atoms with Gasteiger partial charge in [0.1, 0.15) is 4.90 Å². The number of hydrogen-bond donors (Lipinski definition) is 0. The molecule has 1 aromatic heterocycles. The molecule has 30 heavy (non-hydrogen) atoms. The molecule has 0 bridgehead atoms. The summed E-state index contributed by atoms with van der Waals surface area (Å²) in [5, 5.41) is 0. The first kappa shape index (κ1) is 22.0. The summed E-state index contributed by atoms with van der Waals surface area (Å²) < 4.78 is 60.3. The summed E-state index contributed by atoms with van der Waals surface area (Å²) in [4.78, 5) is 9.93. The lowest BCUT2D eigenvalue weighted by Gasteiger charge is -2.61. The second-order valence-corrected chi connectivity index (χ2v) is 11.7. The van der Waals surface area contributed by atoms with E-state index in [1.165, 1.54) is 18.2 Å². The zero-order valence-electron chi connectivity index (χ0n) is 18.0. The minimum atomic E-state index is -3.80. The molecule has 3 fully saturated rings. The highest BCUT2D eigenvalue weighted by atomic mass is 32.2. The molecule has 168 valence electrons. The molecule has 1 aromatic rings. The number of sulfonamides is 1. The molecule has 1 spiro atoms. The van der Waals surface area contributed by atoms with E-state index in [9.17, 15) is 17.2 Å². The fourth-order valence-electron chi connectivity index (χ4n) is 5.05. The highest BCUT2D eigenvalue weighted by molar-refractivity contribution is 7.89. The first-order valence-electron chi connectivity index (χ1n) is 10.4. The molecule has 0 radical (unpaired) electrons. The van der Waals surface area contributed by atoms with Crippen molar-refractivity contribution in [3.05, 3.63) is 17.2 Å². The van der Waals surface area contributed by atoms with Crippen molar-refractivity contribution < 1.29 is 21.9 Å². The van der Waals surface area contributed by atoms with Gasteiger partial charge in [0, 0.05) is 58.3 Å². The maximum Gasteiger partial charge on any atom is 0.303 e. The van der Waals surface area contributed by atoms with Crippen LogP contribution in [0.5, 0.6) is 0 Å². The molecule has 4 rings (SSSR count). The number of rotatable bonds is 5. The number of halogens is 2. The van der Waals surface area contributed by atoms with Crippen LogP contribution in [-0.2, 0) is 20.7 Å². The van der Waals surface area contributed by atoms with Crippen LogP contribution in [0.1, 0.15) is 43.9 Å². The molecule has 10 heteroatoms. The van der Waals surface area contributed by atoms with Crippen molar-refractivity contribution in [1.82, 2.24) is 19.2 Å². The molecule has 0 N–H and O–H groups in total. The fourth-order valence-corrected chi connectivity index (χ4v) is 7.04. The smallest absolute Gasteiger partial charge is 0.303 e. The molecular weight excluding hydrogens is 414 g/mol. The van der Waals surface area contributed by atoms with Crippen LogP contribution in [0.3, 0.4) is 0 Å². The number of aryl methyl sites for hydroxylation is 2. The summed E-state index contributed by atoms with van der Waals surface area (Å²) in [6.45, 7) is 11.2. The quantitative estimate of drug-likeness (QED) is 0.694. The van der Waals surface area contributed by atoms with Gasteiger partial charge in [-0.15, -0.1) is 0 Å². The highest BCUT2D eigenvalue weighted by Crippen LogP contribution is 2.44. The Bertz CT molecular complexity index is 905. The van der Waals surface area contributed by atoms with E-state index >= 15 is 0 Å². The number of likely N-dealkylation sites (tertiary alicyclic amines) is 1. The van der Waals surface area contributed by atoms with Crippen LogP contribution < -0.4 is 0 Å². The van der Waals surface area contributed by atoms with Gasteiger partial charge in [-0.25, -0.2) is 18.4 Å². The summed E-state index contributed by atoms with van der Waals surface area (Å²) in [5.74, 6) is -3.86. The van der Waals surface area contributed by atoms with Crippen molar-refractivity contribution in [3.8, 4) is 0 Å². The van der Waals surface area contributed by atoms with E-state index in [1.54, 1.807) is 0 Å². The minimum Gasteiger partial charge on any atom is -0.381 e. The van der Waals surface area contributed by atoms with E-state index in [-0.39, 0.29) is 27.1 Å². The zero-order chi connectivity index (χ0) is 21.9. The zero-order valence-corrected chi connectivity index (χ0v) is 18.9. The molecule has 3 aliphatic rings. The van der Waals surface area contributed by atoms with E-state index in [1.807, 2.05) is 0 Å². The van der Waals surface area contributed by atoms with Gasteiger partial charge in [-0.2, -0.15) is 13.1 Å². The van der Waals surface area contributed by atoms with Crippen molar-refractivity contribution in [2.24, 2.45) is 10.8 Å². The normalized spacial score (nSPS) is 24.5. The number of hydrogen-bond acceptors (Lipinski definition) is 6. The molecule has 3 aliphatic heterocycles. The third-order valence-corrected chi connectivity index (χ3v) is 8.69. The van der Waals surface area contributed by atoms with Gasteiger partial charge in [0.25, 0.3) is 0 Å². The second-order valence-electron chi connectivity index (χ2n) is 9.78.